The summed E-state index contributed by atoms with van der Waals surface area (Å²) in [7, 11) is 1.83. The minimum absolute atomic E-state index is 0. The molecule has 1 aliphatic rings. The van der Waals surface area contributed by atoms with Gasteiger partial charge < -0.3 is 9.40 Å². The van der Waals surface area contributed by atoms with Gasteiger partial charge in [0.15, 0.2) is 11.6 Å². The molecule has 0 radical (unpaired) electrons. The van der Waals surface area contributed by atoms with Crippen LogP contribution in [0, 0.1) is 11.6 Å². The van der Waals surface area contributed by atoms with Crippen LogP contribution in [0.25, 0.3) is 0 Å². The Morgan fingerprint density at radius 2 is 1.69 bits per heavy atom. The van der Waals surface area contributed by atoms with Crippen molar-refractivity contribution >= 4 is 18.1 Å². The molecule has 2 heterocycles. The summed E-state index contributed by atoms with van der Waals surface area (Å²) < 4.78 is 41.4. The average molecular weight is 520 g/mol. The largest absolute Gasteiger partial charge is 0.392 e. The van der Waals surface area contributed by atoms with E-state index in [1.165, 1.54) is 6.07 Å². The van der Waals surface area contributed by atoms with E-state index in [9.17, 15) is 18.0 Å². The Balaban J connectivity index is 0.00000361. The van der Waals surface area contributed by atoms with Crippen LogP contribution in [0.4, 0.5) is 13.2 Å². The second kappa shape index (κ2) is 12.7. The van der Waals surface area contributed by atoms with Crippen molar-refractivity contribution in [2.45, 2.75) is 25.3 Å². The van der Waals surface area contributed by atoms with Crippen LogP contribution >= 0.6 is 12.4 Å². The molecule has 1 fully saturated rings. The monoisotopic (exact) mass is 519 g/mol. The number of likely N-dealkylation sites (tertiary alicyclic amines) is 1. The second-order valence-electron chi connectivity index (χ2n) is 8.69. The first kappa shape index (κ1) is 27.5. The molecular formula is C27H29ClF3N3O2. The van der Waals surface area contributed by atoms with Gasteiger partial charge in [0.1, 0.15) is 19.0 Å². The Labute approximate surface area is 214 Å². The molecule has 0 aliphatic carbocycles. The molecule has 0 saturated carbocycles. The molecule has 0 bridgehead atoms. The fourth-order valence-electron chi connectivity index (χ4n) is 4.46. The van der Waals surface area contributed by atoms with Gasteiger partial charge in [0.05, 0.1) is 0 Å². The van der Waals surface area contributed by atoms with E-state index < -0.39 is 18.3 Å². The number of pyridine rings is 1. The van der Waals surface area contributed by atoms with Crippen molar-refractivity contribution < 1.29 is 18.0 Å². The zero-order valence-corrected chi connectivity index (χ0v) is 20.8. The third kappa shape index (κ3) is 6.56. The maximum atomic E-state index is 13.8. The van der Waals surface area contributed by atoms with E-state index >= 15 is 0 Å². The minimum atomic E-state index is -0.990. The van der Waals surface area contributed by atoms with Gasteiger partial charge in [0, 0.05) is 42.4 Å². The number of piperidine rings is 1. The van der Waals surface area contributed by atoms with Crippen LogP contribution in [-0.2, 0) is 18.4 Å². The number of rotatable bonds is 8. The summed E-state index contributed by atoms with van der Waals surface area (Å²) in [5.41, 5.74) is 3.51. The number of alkyl halides is 1. The van der Waals surface area contributed by atoms with Gasteiger partial charge in [-0.2, -0.15) is 0 Å². The quantitative estimate of drug-likeness (QED) is 0.233. The van der Waals surface area contributed by atoms with E-state index in [1.807, 2.05) is 43.4 Å². The van der Waals surface area contributed by atoms with Crippen molar-refractivity contribution in [2.75, 3.05) is 26.4 Å². The highest BCUT2D eigenvalue weighted by molar-refractivity contribution is 6.12. The van der Waals surface area contributed by atoms with Crippen LogP contribution in [0.15, 0.2) is 70.6 Å². The van der Waals surface area contributed by atoms with Gasteiger partial charge >= 0.3 is 0 Å². The summed E-state index contributed by atoms with van der Waals surface area (Å²) >= 11 is 0. The number of hydrogen-bond acceptors (Lipinski definition) is 4. The van der Waals surface area contributed by atoms with Crippen molar-refractivity contribution in [3.8, 4) is 0 Å². The summed E-state index contributed by atoms with van der Waals surface area (Å²) in [4.78, 5) is 19.3. The van der Waals surface area contributed by atoms with Gasteiger partial charge in [-0.25, -0.2) is 13.2 Å². The van der Waals surface area contributed by atoms with Crippen molar-refractivity contribution in [1.82, 2.24) is 9.47 Å². The molecule has 3 aromatic rings. The highest BCUT2D eigenvalue weighted by Crippen LogP contribution is 2.28. The molecule has 1 saturated heterocycles. The highest BCUT2D eigenvalue weighted by atomic mass is 35.5. The predicted molar refractivity (Wildman–Crippen MR) is 137 cm³/mol. The lowest BCUT2D eigenvalue weighted by atomic mass is 9.92. The van der Waals surface area contributed by atoms with E-state index in [4.69, 9.17) is 4.84 Å². The SMILES string of the molecule is Cl.Cn1c(C2CCN(Cc3ccc(C(=NOCCF)c4ccc(F)c(F)c4)cc3)CC2)cccc1=O. The zero-order valence-electron chi connectivity index (χ0n) is 20.0. The van der Waals surface area contributed by atoms with Crippen molar-refractivity contribution in [3.05, 3.63) is 105 Å². The Morgan fingerprint density at radius 1 is 1.00 bits per heavy atom. The molecule has 9 heteroatoms. The van der Waals surface area contributed by atoms with Crippen LogP contribution in [0.3, 0.4) is 0 Å². The van der Waals surface area contributed by atoms with Crippen molar-refractivity contribution in [1.29, 1.82) is 0 Å². The lowest BCUT2D eigenvalue weighted by molar-refractivity contribution is 0.128. The average Bonchev–Trinajstić information content (AvgIpc) is 2.87. The van der Waals surface area contributed by atoms with Gasteiger partial charge in [-0.05, 0) is 55.8 Å². The van der Waals surface area contributed by atoms with E-state index in [1.54, 1.807) is 10.6 Å². The third-order valence-corrected chi connectivity index (χ3v) is 6.38. The molecule has 5 nitrogen and oxygen atoms in total. The second-order valence-corrected chi connectivity index (χ2v) is 8.69. The molecular weight excluding hydrogens is 491 g/mol. The van der Waals surface area contributed by atoms with E-state index in [0.717, 1.165) is 55.9 Å². The Kier molecular flexibility index (Phi) is 9.73. The van der Waals surface area contributed by atoms with Crippen LogP contribution in [0.1, 0.15) is 41.1 Å². The van der Waals surface area contributed by atoms with Gasteiger partial charge in [0.2, 0.25) is 5.56 Å². The molecule has 0 spiro atoms. The molecule has 192 valence electrons. The van der Waals surface area contributed by atoms with Crippen LogP contribution in [-0.4, -0.2) is 41.5 Å². The Bertz CT molecular complexity index is 1240. The minimum Gasteiger partial charge on any atom is -0.392 e. The normalized spacial score (nSPS) is 14.9. The summed E-state index contributed by atoms with van der Waals surface area (Å²) in [5.74, 6) is -1.57. The topological polar surface area (TPSA) is 46.8 Å². The van der Waals surface area contributed by atoms with Crippen LogP contribution in [0.2, 0.25) is 0 Å². The number of hydrogen-bond donors (Lipinski definition) is 0. The molecule has 2 aromatic carbocycles. The standard InChI is InChI=1S/C27H28F3N3O2.ClH/c1-32-25(3-2-4-26(32)34)20-11-14-33(15-12-20)18-19-5-7-21(8-6-19)27(31-35-16-13-28)22-9-10-23(29)24(30)17-22;/h2-10,17,20H,11-16,18H2,1H3;1H. The fourth-order valence-corrected chi connectivity index (χ4v) is 4.46. The van der Waals surface area contributed by atoms with Gasteiger partial charge in [-0.15, -0.1) is 12.4 Å². The van der Waals surface area contributed by atoms with Crippen LogP contribution < -0.4 is 5.56 Å². The lowest BCUT2D eigenvalue weighted by Crippen LogP contribution is -2.34. The van der Waals surface area contributed by atoms with Gasteiger partial charge in [-0.1, -0.05) is 35.5 Å². The number of benzene rings is 2. The summed E-state index contributed by atoms with van der Waals surface area (Å²) in [6.45, 7) is 1.70. The molecule has 4 rings (SSSR count). The number of nitrogens with zero attached hydrogens (tertiary/aromatic N) is 3. The first-order chi connectivity index (χ1) is 17.0. The van der Waals surface area contributed by atoms with Gasteiger partial charge in [-0.3, -0.25) is 9.69 Å². The molecule has 1 aromatic heterocycles. The van der Waals surface area contributed by atoms with E-state index in [2.05, 4.69) is 10.1 Å². The van der Waals surface area contributed by atoms with Gasteiger partial charge in [0.25, 0.3) is 0 Å². The Morgan fingerprint density at radius 3 is 2.36 bits per heavy atom. The summed E-state index contributed by atoms with van der Waals surface area (Å²) in [5, 5.41) is 3.97. The predicted octanol–water partition coefficient (Wildman–Crippen LogP) is 5.20. The van der Waals surface area contributed by atoms with E-state index in [-0.39, 0.29) is 24.6 Å². The van der Waals surface area contributed by atoms with Crippen molar-refractivity contribution in [3.63, 3.8) is 0 Å². The summed E-state index contributed by atoms with van der Waals surface area (Å²) in [6.07, 6.45) is 1.96. The molecule has 0 N–H and O–H groups in total. The highest BCUT2D eigenvalue weighted by Gasteiger charge is 2.22. The maximum absolute atomic E-state index is 13.8. The Hall–Kier alpha value is -3.10. The zero-order chi connectivity index (χ0) is 24.8. The number of oxime groups is 1. The van der Waals surface area contributed by atoms with Crippen LogP contribution in [0.5, 0.6) is 0 Å². The first-order valence-electron chi connectivity index (χ1n) is 11.6. The molecule has 0 unspecified atom stereocenters. The third-order valence-electron chi connectivity index (χ3n) is 6.38. The maximum Gasteiger partial charge on any atom is 0.250 e. The fraction of sp³-hybridized carbons (Fsp3) is 0.333. The molecule has 1 aliphatic heterocycles. The number of halogens is 4. The molecule has 36 heavy (non-hydrogen) atoms. The smallest absolute Gasteiger partial charge is 0.250 e. The molecule has 0 atom stereocenters. The van der Waals surface area contributed by atoms with E-state index in [0.29, 0.717) is 22.8 Å². The lowest BCUT2D eigenvalue weighted by Gasteiger charge is -2.32. The molecule has 0 amide bonds. The number of aromatic nitrogens is 1. The first-order valence-corrected chi connectivity index (χ1v) is 11.6. The summed E-state index contributed by atoms with van der Waals surface area (Å²) in [6, 6.07) is 16.6. The van der Waals surface area contributed by atoms with Crippen molar-refractivity contribution in [2.24, 2.45) is 12.2 Å².